The fraction of sp³-hybridized carbons (Fsp3) is 0.846. The summed E-state index contributed by atoms with van der Waals surface area (Å²) >= 11 is 0. The maximum absolute atomic E-state index is 12.0. The van der Waals surface area contributed by atoms with Crippen LogP contribution >= 0.6 is 0 Å². The van der Waals surface area contributed by atoms with Crippen LogP contribution in [0.4, 0.5) is 4.79 Å². The van der Waals surface area contributed by atoms with Gasteiger partial charge in [-0.3, -0.25) is 4.79 Å². The van der Waals surface area contributed by atoms with Gasteiger partial charge in [-0.2, -0.15) is 0 Å². The van der Waals surface area contributed by atoms with E-state index < -0.39 is 12.1 Å². The van der Waals surface area contributed by atoms with Crippen LogP contribution in [0.5, 0.6) is 0 Å². The first-order valence-corrected chi connectivity index (χ1v) is 6.90. The monoisotopic (exact) mass is 271 g/mol. The number of nitrogens with two attached hydrogens (primary N) is 1. The van der Waals surface area contributed by atoms with E-state index in [0.29, 0.717) is 25.4 Å². The van der Waals surface area contributed by atoms with Crippen molar-refractivity contribution in [3.8, 4) is 0 Å². The minimum Gasteiger partial charge on any atom is -0.391 e. The highest BCUT2D eigenvalue weighted by atomic mass is 16.3. The zero-order valence-corrected chi connectivity index (χ0v) is 11.8. The summed E-state index contributed by atoms with van der Waals surface area (Å²) in [5, 5.41) is 12.5. The number of carbonyl (C=O) groups is 2. The third kappa shape index (κ3) is 5.46. The number of nitrogens with one attached hydrogen (secondary N) is 1. The maximum Gasteiger partial charge on any atom is 0.314 e. The lowest BCUT2D eigenvalue weighted by molar-refractivity contribution is -0.126. The Bertz CT molecular complexity index is 320. The second-order valence-electron chi connectivity index (χ2n) is 5.65. The number of amides is 3. The highest BCUT2D eigenvalue weighted by Gasteiger charge is 2.27. The molecule has 2 atom stereocenters. The summed E-state index contributed by atoms with van der Waals surface area (Å²) in [5.74, 6) is 0.0770. The van der Waals surface area contributed by atoms with Gasteiger partial charge in [0.2, 0.25) is 5.91 Å². The summed E-state index contributed by atoms with van der Waals surface area (Å²) in [6.07, 6.45) is 1.70. The van der Waals surface area contributed by atoms with Crippen molar-refractivity contribution >= 4 is 11.9 Å². The summed E-state index contributed by atoms with van der Waals surface area (Å²) < 4.78 is 0. The van der Waals surface area contributed by atoms with Gasteiger partial charge in [0.25, 0.3) is 0 Å². The Balaban J connectivity index is 2.34. The number of primary amides is 1. The van der Waals surface area contributed by atoms with Crippen LogP contribution in [0.3, 0.4) is 0 Å². The number of likely N-dealkylation sites (tertiary alicyclic amines) is 1. The topological polar surface area (TPSA) is 95.7 Å². The minimum absolute atomic E-state index is 0.103. The molecule has 1 aliphatic heterocycles. The Labute approximate surface area is 114 Å². The molecule has 0 aromatic heterocycles. The van der Waals surface area contributed by atoms with Gasteiger partial charge in [0.15, 0.2) is 0 Å². The lowest BCUT2D eigenvalue weighted by Gasteiger charge is -2.30. The fourth-order valence-electron chi connectivity index (χ4n) is 2.38. The van der Waals surface area contributed by atoms with E-state index in [-0.39, 0.29) is 18.4 Å². The summed E-state index contributed by atoms with van der Waals surface area (Å²) in [4.78, 5) is 24.5. The fourth-order valence-corrected chi connectivity index (χ4v) is 2.38. The Morgan fingerprint density at radius 2 is 2.16 bits per heavy atom. The van der Waals surface area contributed by atoms with Crippen LogP contribution in [0.25, 0.3) is 0 Å². The molecule has 0 radical (unpaired) electrons. The molecule has 2 unspecified atom stereocenters. The molecule has 0 aliphatic carbocycles. The predicted molar refractivity (Wildman–Crippen MR) is 72.4 cm³/mol. The average molecular weight is 271 g/mol. The second kappa shape index (κ2) is 7.33. The molecule has 19 heavy (non-hydrogen) atoms. The summed E-state index contributed by atoms with van der Waals surface area (Å²) in [6.45, 7) is 5.31. The lowest BCUT2D eigenvalue weighted by atomic mass is 9.97. The highest BCUT2D eigenvalue weighted by molar-refractivity contribution is 5.80. The highest BCUT2D eigenvalue weighted by Crippen LogP contribution is 2.16. The number of hydrogen-bond acceptors (Lipinski definition) is 3. The molecular weight excluding hydrogens is 246 g/mol. The Kier molecular flexibility index (Phi) is 6.08. The number of aliphatic hydroxyl groups is 1. The first kappa shape index (κ1) is 15.8. The van der Waals surface area contributed by atoms with Gasteiger partial charge in [-0.05, 0) is 25.2 Å². The molecule has 1 aliphatic rings. The van der Waals surface area contributed by atoms with Gasteiger partial charge >= 0.3 is 6.03 Å². The molecule has 1 saturated heterocycles. The van der Waals surface area contributed by atoms with E-state index in [0.717, 1.165) is 12.8 Å². The molecule has 0 aromatic carbocycles. The predicted octanol–water partition coefficient (Wildman–Crippen LogP) is 0.300. The van der Waals surface area contributed by atoms with Crippen LogP contribution in [0, 0.1) is 11.8 Å². The van der Waals surface area contributed by atoms with Crippen molar-refractivity contribution in [1.29, 1.82) is 0 Å². The Hall–Kier alpha value is -1.30. The molecular formula is C13H25N3O3. The molecule has 1 heterocycles. The van der Waals surface area contributed by atoms with Crippen LogP contribution in [-0.4, -0.2) is 47.7 Å². The molecule has 0 aromatic rings. The van der Waals surface area contributed by atoms with Crippen molar-refractivity contribution < 1.29 is 14.7 Å². The number of hydrogen-bond donors (Lipinski definition) is 3. The van der Waals surface area contributed by atoms with Crippen molar-refractivity contribution in [2.75, 3.05) is 19.6 Å². The van der Waals surface area contributed by atoms with Gasteiger partial charge in [-0.1, -0.05) is 13.8 Å². The molecule has 6 nitrogen and oxygen atoms in total. The summed E-state index contributed by atoms with van der Waals surface area (Å²) in [7, 11) is 0. The van der Waals surface area contributed by atoms with Gasteiger partial charge in [0, 0.05) is 19.6 Å². The Morgan fingerprint density at radius 1 is 1.47 bits per heavy atom. The van der Waals surface area contributed by atoms with E-state index >= 15 is 0 Å². The van der Waals surface area contributed by atoms with E-state index in [1.54, 1.807) is 0 Å². The van der Waals surface area contributed by atoms with Crippen LogP contribution in [0.2, 0.25) is 0 Å². The van der Waals surface area contributed by atoms with Crippen molar-refractivity contribution in [3.63, 3.8) is 0 Å². The standard InChI is InChI=1S/C13H25N3O3/c1-9(2)6-11(17)7-15-12(18)10-4-3-5-16(8-10)13(14)19/h9-11,17H,3-8H2,1-2H3,(H2,14,19)(H,15,18). The normalized spacial score (nSPS) is 21.3. The van der Waals surface area contributed by atoms with Gasteiger partial charge in [-0.15, -0.1) is 0 Å². The van der Waals surface area contributed by atoms with E-state index in [4.69, 9.17) is 5.73 Å². The van der Waals surface area contributed by atoms with E-state index in [9.17, 15) is 14.7 Å². The first-order valence-electron chi connectivity index (χ1n) is 6.90. The average Bonchev–Trinajstić information content (AvgIpc) is 2.35. The summed E-state index contributed by atoms with van der Waals surface area (Å²) in [5.41, 5.74) is 5.22. The zero-order chi connectivity index (χ0) is 14.4. The van der Waals surface area contributed by atoms with Crippen molar-refractivity contribution in [2.24, 2.45) is 17.6 Å². The third-order valence-electron chi connectivity index (χ3n) is 3.36. The second-order valence-corrected chi connectivity index (χ2v) is 5.65. The van der Waals surface area contributed by atoms with Crippen LogP contribution in [0.1, 0.15) is 33.1 Å². The molecule has 110 valence electrons. The first-order chi connectivity index (χ1) is 8.90. The van der Waals surface area contributed by atoms with Gasteiger partial charge < -0.3 is 21.1 Å². The number of urea groups is 1. The largest absolute Gasteiger partial charge is 0.391 e. The van der Waals surface area contributed by atoms with Crippen molar-refractivity contribution in [1.82, 2.24) is 10.2 Å². The zero-order valence-electron chi connectivity index (χ0n) is 11.8. The molecule has 4 N–H and O–H groups in total. The quantitative estimate of drug-likeness (QED) is 0.671. The van der Waals surface area contributed by atoms with Crippen molar-refractivity contribution in [3.05, 3.63) is 0 Å². The smallest absolute Gasteiger partial charge is 0.314 e. The number of aliphatic hydroxyl groups excluding tert-OH is 1. The van der Waals surface area contributed by atoms with Crippen LogP contribution in [-0.2, 0) is 4.79 Å². The minimum atomic E-state index is -0.514. The Morgan fingerprint density at radius 3 is 2.74 bits per heavy atom. The van der Waals surface area contributed by atoms with E-state index in [2.05, 4.69) is 5.32 Å². The molecule has 0 saturated carbocycles. The molecule has 0 bridgehead atoms. The summed E-state index contributed by atoms with van der Waals surface area (Å²) in [6, 6.07) is -0.475. The van der Waals surface area contributed by atoms with Crippen molar-refractivity contribution in [2.45, 2.75) is 39.2 Å². The van der Waals surface area contributed by atoms with Gasteiger partial charge in [0.05, 0.1) is 12.0 Å². The number of piperidine rings is 1. The van der Waals surface area contributed by atoms with Crippen LogP contribution < -0.4 is 11.1 Å². The molecule has 3 amide bonds. The molecule has 6 heteroatoms. The van der Waals surface area contributed by atoms with Gasteiger partial charge in [-0.25, -0.2) is 4.79 Å². The third-order valence-corrected chi connectivity index (χ3v) is 3.36. The molecule has 0 spiro atoms. The number of rotatable bonds is 5. The molecule has 1 fully saturated rings. The lowest BCUT2D eigenvalue weighted by Crippen LogP contribution is -2.48. The number of nitrogens with zero attached hydrogens (tertiary/aromatic N) is 1. The van der Waals surface area contributed by atoms with Crippen LogP contribution in [0.15, 0.2) is 0 Å². The number of carbonyl (C=O) groups excluding carboxylic acids is 2. The van der Waals surface area contributed by atoms with Gasteiger partial charge in [0.1, 0.15) is 0 Å². The van der Waals surface area contributed by atoms with E-state index in [1.165, 1.54) is 4.90 Å². The SMILES string of the molecule is CC(C)CC(O)CNC(=O)C1CCCN(C(N)=O)C1. The molecule has 1 rings (SSSR count). The van der Waals surface area contributed by atoms with E-state index in [1.807, 2.05) is 13.8 Å². The maximum atomic E-state index is 12.0.